The van der Waals surface area contributed by atoms with Crippen LogP contribution < -0.4 is 5.32 Å². The van der Waals surface area contributed by atoms with Gasteiger partial charge < -0.3 is 14.7 Å². The number of carbonyl (C=O) groups is 1. The zero-order chi connectivity index (χ0) is 20.1. The molecule has 1 aromatic carbocycles. The van der Waals surface area contributed by atoms with Crippen LogP contribution >= 0.6 is 11.6 Å². The first kappa shape index (κ1) is 20.8. The third-order valence-electron chi connectivity index (χ3n) is 5.02. The second-order valence-corrected chi connectivity index (χ2v) is 8.59. The number of halogens is 1. The number of nitrogens with zero attached hydrogens (tertiary/aromatic N) is 3. The van der Waals surface area contributed by atoms with Gasteiger partial charge in [-0.3, -0.25) is 4.79 Å². The molecule has 1 aromatic heterocycles. The van der Waals surface area contributed by atoms with Gasteiger partial charge in [0.15, 0.2) is 0 Å². The number of hydrogen-bond donors (Lipinski definition) is 1. The van der Waals surface area contributed by atoms with E-state index in [0.29, 0.717) is 29.6 Å². The minimum atomic E-state index is 0.0110. The van der Waals surface area contributed by atoms with E-state index in [1.807, 2.05) is 12.1 Å². The van der Waals surface area contributed by atoms with Gasteiger partial charge in [0.05, 0.1) is 0 Å². The second kappa shape index (κ2) is 9.52. The van der Waals surface area contributed by atoms with Crippen molar-refractivity contribution in [3.05, 3.63) is 35.2 Å². The number of piperidine rings is 1. The number of hydrogen-bond acceptors (Lipinski definition) is 5. The number of amides is 1. The Bertz CT molecular complexity index is 767. The summed E-state index contributed by atoms with van der Waals surface area (Å²) in [4.78, 5) is 19.1. The summed E-state index contributed by atoms with van der Waals surface area (Å²) in [5, 5.41) is 7.72. The molecule has 0 radical (unpaired) electrons. The van der Waals surface area contributed by atoms with Crippen molar-refractivity contribution in [3.63, 3.8) is 0 Å². The van der Waals surface area contributed by atoms with Crippen molar-refractivity contribution in [2.45, 2.75) is 46.1 Å². The first-order valence-electron chi connectivity index (χ1n) is 9.99. The lowest BCUT2D eigenvalue weighted by Gasteiger charge is -2.36. The van der Waals surface area contributed by atoms with Crippen LogP contribution in [0.2, 0.25) is 5.02 Å². The maximum Gasteiger partial charge on any atom is 0.227 e. The number of aryl methyl sites for hydroxylation is 1. The van der Waals surface area contributed by atoms with Gasteiger partial charge in [0, 0.05) is 49.1 Å². The van der Waals surface area contributed by atoms with Crippen LogP contribution in [0.15, 0.2) is 28.8 Å². The third-order valence-corrected chi connectivity index (χ3v) is 5.27. The topological polar surface area (TPSA) is 71.3 Å². The molecule has 2 heterocycles. The van der Waals surface area contributed by atoms with Gasteiger partial charge in [-0.1, -0.05) is 30.6 Å². The highest BCUT2D eigenvalue weighted by Gasteiger charge is 2.23. The van der Waals surface area contributed by atoms with Crippen LogP contribution in [0.4, 0.5) is 0 Å². The molecule has 0 aliphatic carbocycles. The zero-order valence-corrected chi connectivity index (χ0v) is 17.6. The van der Waals surface area contributed by atoms with Gasteiger partial charge in [-0.05, 0) is 49.4 Å². The first-order chi connectivity index (χ1) is 13.4. The first-order valence-corrected chi connectivity index (χ1v) is 10.4. The molecule has 0 saturated carbocycles. The molecule has 152 valence electrons. The maximum absolute atomic E-state index is 12.3. The quantitative estimate of drug-likeness (QED) is 0.759. The standard InChI is InChI=1S/C21H29ClN4O2/c1-14-10-15(2)12-26(11-14)13-16(3)23-19(27)8-9-20-24-21(25-28-20)17-4-6-18(22)7-5-17/h4-7,14-16H,8-13H2,1-3H3,(H,23,27). The summed E-state index contributed by atoms with van der Waals surface area (Å²) in [6.07, 6.45) is 2.05. The van der Waals surface area contributed by atoms with Gasteiger partial charge in [0.2, 0.25) is 17.6 Å². The van der Waals surface area contributed by atoms with Crippen LogP contribution in [0.25, 0.3) is 11.4 Å². The fourth-order valence-electron chi connectivity index (χ4n) is 4.01. The molecule has 1 aliphatic heterocycles. The Labute approximate surface area is 171 Å². The van der Waals surface area contributed by atoms with E-state index in [2.05, 4.69) is 41.1 Å². The lowest BCUT2D eigenvalue weighted by atomic mass is 9.92. The summed E-state index contributed by atoms with van der Waals surface area (Å²) in [6, 6.07) is 7.37. The van der Waals surface area contributed by atoms with Crippen molar-refractivity contribution in [2.75, 3.05) is 19.6 Å². The molecule has 1 aliphatic rings. The van der Waals surface area contributed by atoms with Gasteiger partial charge >= 0.3 is 0 Å². The van der Waals surface area contributed by atoms with Crippen molar-refractivity contribution >= 4 is 17.5 Å². The van der Waals surface area contributed by atoms with Gasteiger partial charge in [0.25, 0.3) is 0 Å². The predicted molar refractivity (Wildman–Crippen MR) is 110 cm³/mol. The van der Waals surface area contributed by atoms with Crippen LogP contribution in [0, 0.1) is 11.8 Å². The SMILES string of the molecule is CC1CC(C)CN(CC(C)NC(=O)CCc2nc(-c3ccc(Cl)cc3)no2)C1. The molecule has 6 nitrogen and oxygen atoms in total. The van der Waals surface area contributed by atoms with Gasteiger partial charge in [-0.2, -0.15) is 4.98 Å². The average molecular weight is 405 g/mol. The summed E-state index contributed by atoms with van der Waals surface area (Å²) in [7, 11) is 0. The Morgan fingerprint density at radius 1 is 1.29 bits per heavy atom. The molecule has 2 aromatic rings. The molecule has 7 heteroatoms. The molecule has 28 heavy (non-hydrogen) atoms. The van der Waals surface area contributed by atoms with E-state index in [1.165, 1.54) is 6.42 Å². The summed E-state index contributed by atoms with van der Waals surface area (Å²) in [6.45, 7) is 9.78. The van der Waals surface area contributed by atoms with E-state index >= 15 is 0 Å². The van der Waals surface area contributed by atoms with Crippen LogP contribution in [0.1, 0.15) is 39.5 Å². The van der Waals surface area contributed by atoms with Gasteiger partial charge in [0.1, 0.15) is 0 Å². The molecule has 0 bridgehead atoms. The van der Waals surface area contributed by atoms with E-state index in [0.717, 1.165) is 37.0 Å². The normalized spacial score (nSPS) is 21.4. The monoisotopic (exact) mass is 404 g/mol. The highest BCUT2D eigenvalue weighted by Crippen LogP contribution is 2.21. The number of rotatable bonds is 7. The molecule has 1 amide bonds. The van der Waals surface area contributed by atoms with E-state index in [-0.39, 0.29) is 11.9 Å². The molecule has 1 fully saturated rings. The summed E-state index contributed by atoms with van der Waals surface area (Å²) >= 11 is 5.89. The predicted octanol–water partition coefficient (Wildman–Crippen LogP) is 3.81. The Morgan fingerprint density at radius 2 is 1.96 bits per heavy atom. The largest absolute Gasteiger partial charge is 0.352 e. The van der Waals surface area contributed by atoms with Crippen molar-refractivity contribution in [3.8, 4) is 11.4 Å². The van der Waals surface area contributed by atoms with Crippen LogP contribution in [0.5, 0.6) is 0 Å². The van der Waals surface area contributed by atoms with Crippen LogP contribution in [0.3, 0.4) is 0 Å². The summed E-state index contributed by atoms with van der Waals surface area (Å²) in [5.41, 5.74) is 0.836. The lowest BCUT2D eigenvalue weighted by molar-refractivity contribution is -0.121. The van der Waals surface area contributed by atoms with E-state index in [1.54, 1.807) is 12.1 Å². The van der Waals surface area contributed by atoms with Crippen molar-refractivity contribution in [1.82, 2.24) is 20.4 Å². The number of likely N-dealkylation sites (tertiary alicyclic amines) is 1. The van der Waals surface area contributed by atoms with Crippen molar-refractivity contribution < 1.29 is 9.32 Å². The fraction of sp³-hybridized carbons (Fsp3) is 0.571. The lowest BCUT2D eigenvalue weighted by Crippen LogP contribution is -2.47. The molecular weight excluding hydrogens is 376 g/mol. The van der Waals surface area contributed by atoms with E-state index < -0.39 is 0 Å². The second-order valence-electron chi connectivity index (χ2n) is 8.15. The molecule has 1 N–H and O–H groups in total. The maximum atomic E-state index is 12.3. The van der Waals surface area contributed by atoms with Gasteiger partial charge in [-0.25, -0.2) is 0 Å². The number of benzene rings is 1. The summed E-state index contributed by atoms with van der Waals surface area (Å²) < 4.78 is 5.27. The van der Waals surface area contributed by atoms with Crippen molar-refractivity contribution in [2.24, 2.45) is 11.8 Å². The van der Waals surface area contributed by atoms with E-state index in [9.17, 15) is 4.79 Å². The van der Waals surface area contributed by atoms with E-state index in [4.69, 9.17) is 16.1 Å². The average Bonchev–Trinajstić information content (AvgIpc) is 3.08. The minimum absolute atomic E-state index is 0.0110. The number of aromatic nitrogens is 2. The molecular formula is C21H29ClN4O2. The molecule has 1 saturated heterocycles. The van der Waals surface area contributed by atoms with Crippen LogP contribution in [-0.2, 0) is 11.2 Å². The summed E-state index contributed by atoms with van der Waals surface area (Å²) in [5.74, 6) is 2.43. The Morgan fingerprint density at radius 3 is 2.64 bits per heavy atom. The molecule has 3 unspecified atom stereocenters. The third kappa shape index (κ3) is 6.04. The highest BCUT2D eigenvalue weighted by molar-refractivity contribution is 6.30. The minimum Gasteiger partial charge on any atom is -0.352 e. The fourth-order valence-corrected chi connectivity index (χ4v) is 4.14. The smallest absolute Gasteiger partial charge is 0.227 e. The molecule has 3 rings (SSSR count). The Kier molecular flexibility index (Phi) is 7.08. The number of carbonyl (C=O) groups excluding carboxylic acids is 1. The van der Waals surface area contributed by atoms with Gasteiger partial charge in [-0.15, -0.1) is 0 Å². The van der Waals surface area contributed by atoms with Crippen molar-refractivity contribution in [1.29, 1.82) is 0 Å². The number of nitrogens with one attached hydrogen (secondary N) is 1. The zero-order valence-electron chi connectivity index (χ0n) is 16.8. The highest BCUT2D eigenvalue weighted by atomic mass is 35.5. The Balaban J connectivity index is 1.43. The Hall–Kier alpha value is -1.92. The molecule has 0 spiro atoms. The van der Waals surface area contributed by atoms with Crippen LogP contribution in [-0.4, -0.2) is 46.6 Å². The molecule has 3 atom stereocenters.